The molecule has 0 aliphatic carbocycles. The van der Waals surface area contributed by atoms with Gasteiger partial charge in [0.2, 0.25) is 0 Å². The number of para-hydroxylation sites is 1. The van der Waals surface area contributed by atoms with Crippen molar-refractivity contribution in [3.8, 4) is 5.75 Å². The van der Waals surface area contributed by atoms with Gasteiger partial charge in [0.1, 0.15) is 11.3 Å². The molecule has 0 heterocycles. The van der Waals surface area contributed by atoms with Crippen molar-refractivity contribution in [1.82, 2.24) is 0 Å². The third-order valence-electron chi connectivity index (χ3n) is 1.31. The summed E-state index contributed by atoms with van der Waals surface area (Å²) in [4.78, 5) is 10.9. The quantitative estimate of drug-likeness (QED) is 0.487. The van der Waals surface area contributed by atoms with Gasteiger partial charge in [0.15, 0.2) is 0 Å². The molecule has 1 aromatic rings. The van der Waals surface area contributed by atoms with Gasteiger partial charge in [-0.15, -0.1) is 0 Å². The van der Waals surface area contributed by atoms with E-state index in [9.17, 15) is 4.79 Å². The molecule has 4 heteroatoms. The monoisotopic (exact) mass is 159 g/mol. The standard InChI is InChI=1S/C8H8O3.Li/c1-11-8(10)6-4-2-3-5-7(6)9;/h2-5,9H,1H3;. The fourth-order valence-corrected chi connectivity index (χ4v) is 0.756. The van der Waals surface area contributed by atoms with Crippen LogP contribution in [0.4, 0.5) is 0 Å². The number of carbonyl (C=O) groups excluding carboxylic acids is 1. The van der Waals surface area contributed by atoms with E-state index in [1.54, 1.807) is 12.1 Å². The average molecular weight is 159 g/mol. The Kier molecular flexibility index (Phi) is 4.49. The van der Waals surface area contributed by atoms with Crippen molar-refractivity contribution in [1.29, 1.82) is 0 Å². The smallest absolute Gasteiger partial charge is 0.341 e. The Morgan fingerprint density at radius 2 is 2.00 bits per heavy atom. The van der Waals surface area contributed by atoms with Crippen LogP contribution in [-0.4, -0.2) is 37.0 Å². The van der Waals surface area contributed by atoms with Gasteiger partial charge < -0.3 is 9.84 Å². The average Bonchev–Trinajstić information content (AvgIpc) is 2.04. The molecule has 0 fully saturated rings. The summed E-state index contributed by atoms with van der Waals surface area (Å²) in [6.45, 7) is 0. The maximum Gasteiger partial charge on any atom is 0.341 e. The molecule has 0 atom stereocenters. The van der Waals surface area contributed by atoms with Gasteiger partial charge in [-0.3, -0.25) is 0 Å². The van der Waals surface area contributed by atoms with Gasteiger partial charge in [-0.1, -0.05) is 12.1 Å². The molecule has 1 radical (unpaired) electrons. The summed E-state index contributed by atoms with van der Waals surface area (Å²) in [6.07, 6.45) is 0. The van der Waals surface area contributed by atoms with Crippen LogP contribution in [0.3, 0.4) is 0 Å². The summed E-state index contributed by atoms with van der Waals surface area (Å²) in [6, 6.07) is 6.24. The number of ether oxygens (including phenoxy) is 1. The van der Waals surface area contributed by atoms with Crippen molar-refractivity contribution < 1.29 is 14.6 Å². The number of phenolic OH excluding ortho intramolecular Hbond substituents is 1. The van der Waals surface area contributed by atoms with E-state index < -0.39 is 5.97 Å². The van der Waals surface area contributed by atoms with E-state index in [2.05, 4.69) is 4.74 Å². The number of methoxy groups -OCH3 is 1. The molecule has 1 N–H and O–H groups in total. The first-order valence-corrected chi connectivity index (χ1v) is 3.12. The maximum atomic E-state index is 10.9. The topological polar surface area (TPSA) is 46.5 Å². The summed E-state index contributed by atoms with van der Waals surface area (Å²) < 4.78 is 4.42. The first kappa shape index (κ1) is 11.1. The second-order valence-corrected chi connectivity index (χ2v) is 2.01. The van der Waals surface area contributed by atoms with Crippen LogP contribution in [0.25, 0.3) is 0 Å². The van der Waals surface area contributed by atoms with Crippen LogP contribution in [-0.2, 0) is 4.74 Å². The first-order chi connectivity index (χ1) is 5.25. The number of benzene rings is 1. The van der Waals surface area contributed by atoms with E-state index in [-0.39, 0.29) is 30.2 Å². The Bertz CT molecular complexity index is 273. The van der Waals surface area contributed by atoms with Crippen LogP contribution in [0.2, 0.25) is 0 Å². The predicted molar refractivity (Wildman–Crippen MR) is 45.2 cm³/mol. The molecule has 1 rings (SSSR count). The Morgan fingerprint density at radius 3 is 2.50 bits per heavy atom. The Morgan fingerprint density at radius 1 is 1.42 bits per heavy atom. The summed E-state index contributed by atoms with van der Waals surface area (Å²) in [5, 5.41) is 9.11. The molecule has 1 aromatic carbocycles. The van der Waals surface area contributed by atoms with Crippen molar-refractivity contribution in [2.75, 3.05) is 7.11 Å². The number of phenols is 1. The molecule has 0 bridgehead atoms. The Balaban J connectivity index is 0.00000121. The number of aromatic hydroxyl groups is 1. The summed E-state index contributed by atoms with van der Waals surface area (Å²) in [7, 11) is 1.27. The normalized spacial score (nSPS) is 8.42. The molecular weight excluding hydrogens is 151 g/mol. The summed E-state index contributed by atoms with van der Waals surface area (Å²) in [5.41, 5.74) is 0.190. The van der Waals surface area contributed by atoms with Crippen LogP contribution in [0.5, 0.6) is 5.75 Å². The van der Waals surface area contributed by atoms with E-state index in [0.29, 0.717) is 0 Å². The molecule has 0 saturated heterocycles. The van der Waals surface area contributed by atoms with E-state index in [1.807, 2.05) is 0 Å². The van der Waals surface area contributed by atoms with Crippen molar-refractivity contribution in [3.63, 3.8) is 0 Å². The number of esters is 1. The molecule has 0 aliphatic rings. The second kappa shape index (κ2) is 4.86. The Labute approximate surface area is 82.5 Å². The fraction of sp³-hybridized carbons (Fsp3) is 0.125. The van der Waals surface area contributed by atoms with Gasteiger partial charge in [0, 0.05) is 18.9 Å². The second-order valence-electron chi connectivity index (χ2n) is 2.01. The van der Waals surface area contributed by atoms with Gasteiger partial charge in [-0.25, -0.2) is 4.79 Å². The molecule has 0 unspecified atom stereocenters. The predicted octanol–water partition coefficient (Wildman–Crippen LogP) is 0.798. The molecule has 0 aliphatic heterocycles. The molecule has 3 nitrogen and oxygen atoms in total. The first-order valence-electron chi connectivity index (χ1n) is 3.12. The molecular formula is C8H8LiO3. The third-order valence-corrected chi connectivity index (χ3v) is 1.31. The molecule has 0 saturated carbocycles. The minimum absolute atomic E-state index is 0. The minimum Gasteiger partial charge on any atom is -0.507 e. The molecule has 12 heavy (non-hydrogen) atoms. The maximum absolute atomic E-state index is 10.9. The summed E-state index contributed by atoms with van der Waals surface area (Å²) >= 11 is 0. The SMILES string of the molecule is COC(=O)c1ccccc1O.[Li]. The van der Waals surface area contributed by atoms with Crippen LogP contribution in [0.1, 0.15) is 10.4 Å². The number of rotatable bonds is 1. The van der Waals surface area contributed by atoms with Crippen molar-refractivity contribution in [2.24, 2.45) is 0 Å². The number of hydrogen-bond donors (Lipinski definition) is 1. The van der Waals surface area contributed by atoms with E-state index in [4.69, 9.17) is 5.11 Å². The zero-order valence-electron chi connectivity index (χ0n) is 7.07. The van der Waals surface area contributed by atoms with E-state index >= 15 is 0 Å². The van der Waals surface area contributed by atoms with E-state index in [1.165, 1.54) is 19.2 Å². The number of hydrogen-bond acceptors (Lipinski definition) is 3. The molecule has 0 amide bonds. The zero-order valence-corrected chi connectivity index (χ0v) is 7.07. The van der Waals surface area contributed by atoms with Gasteiger partial charge in [0.05, 0.1) is 7.11 Å². The van der Waals surface area contributed by atoms with Gasteiger partial charge in [0.25, 0.3) is 0 Å². The third kappa shape index (κ3) is 2.30. The largest absolute Gasteiger partial charge is 0.507 e. The van der Waals surface area contributed by atoms with E-state index in [0.717, 1.165) is 0 Å². The molecule has 0 spiro atoms. The van der Waals surface area contributed by atoms with Crippen LogP contribution in [0.15, 0.2) is 24.3 Å². The molecule has 59 valence electrons. The fourth-order valence-electron chi connectivity index (χ4n) is 0.756. The number of carbonyl (C=O) groups is 1. The summed E-state index contributed by atoms with van der Waals surface area (Å²) in [5.74, 6) is -0.581. The van der Waals surface area contributed by atoms with Crippen LogP contribution in [0, 0.1) is 0 Å². The van der Waals surface area contributed by atoms with Crippen molar-refractivity contribution >= 4 is 24.8 Å². The zero-order chi connectivity index (χ0) is 8.27. The van der Waals surface area contributed by atoms with Gasteiger partial charge in [-0.05, 0) is 12.1 Å². The molecule has 0 aromatic heterocycles. The van der Waals surface area contributed by atoms with Gasteiger partial charge in [-0.2, -0.15) is 0 Å². The van der Waals surface area contributed by atoms with Crippen molar-refractivity contribution in [2.45, 2.75) is 0 Å². The Hall–Kier alpha value is -0.913. The van der Waals surface area contributed by atoms with Crippen LogP contribution < -0.4 is 0 Å². The minimum atomic E-state index is -0.525. The van der Waals surface area contributed by atoms with Crippen LogP contribution >= 0.6 is 0 Å². The van der Waals surface area contributed by atoms with Gasteiger partial charge >= 0.3 is 5.97 Å². The van der Waals surface area contributed by atoms with Crippen molar-refractivity contribution in [3.05, 3.63) is 29.8 Å².